The van der Waals surface area contributed by atoms with Gasteiger partial charge in [0, 0.05) is 5.54 Å². The van der Waals surface area contributed by atoms with Gasteiger partial charge >= 0.3 is 5.97 Å². The number of hydrogen-bond acceptors (Lipinski definition) is 2. The van der Waals surface area contributed by atoms with Crippen molar-refractivity contribution in [1.29, 1.82) is 0 Å². The summed E-state index contributed by atoms with van der Waals surface area (Å²) in [5.41, 5.74) is 4.31. The fraction of sp³-hybridized carbons (Fsp3) is 0.875. The fourth-order valence-electron chi connectivity index (χ4n) is 0.686. The average molecular weight is 159 g/mol. The highest BCUT2D eigenvalue weighted by Gasteiger charge is 2.42. The summed E-state index contributed by atoms with van der Waals surface area (Å²) in [6, 6.07) is 0. The van der Waals surface area contributed by atoms with Gasteiger partial charge in [-0.2, -0.15) is 0 Å². The second-order valence-electron chi connectivity index (χ2n) is 3.70. The summed E-state index contributed by atoms with van der Waals surface area (Å²) in [5.74, 6) is -0.843. The van der Waals surface area contributed by atoms with Crippen LogP contribution in [-0.4, -0.2) is 16.6 Å². The summed E-state index contributed by atoms with van der Waals surface area (Å²) in [7, 11) is 0. The molecular weight excluding hydrogens is 142 g/mol. The molecule has 0 aliphatic heterocycles. The number of carboxylic acid groups (broad SMARTS) is 1. The van der Waals surface area contributed by atoms with Crippen LogP contribution in [0.4, 0.5) is 0 Å². The first-order chi connectivity index (χ1) is 4.75. The first-order valence-corrected chi connectivity index (χ1v) is 3.78. The quantitative estimate of drug-likeness (QED) is 0.651. The number of rotatable bonds is 3. The second-order valence-corrected chi connectivity index (χ2v) is 3.70. The molecule has 0 aliphatic carbocycles. The standard InChI is InChI=1S/C8H17NO2/c1-5-8(4,9)7(2,3)6(10)11/h5,9H2,1-4H3,(H,10,11). The van der Waals surface area contributed by atoms with Crippen LogP contribution in [-0.2, 0) is 4.79 Å². The molecule has 0 spiro atoms. The predicted molar refractivity (Wildman–Crippen MR) is 44.3 cm³/mol. The van der Waals surface area contributed by atoms with Crippen molar-refractivity contribution in [1.82, 2.24) is 0 Å². The van der Waals surface area contributed by atoms with Gasteiger partial charge in [0.25, 0.3) is 0 Å². The third-order valence-electron chi connectivity index (χ3n) is 2.70. The fourth-order valence-corrected chi connectivity index (χ4v) is 0.686. The van der Waals surface area contributed by atoms with Crippen molar-refractivity contribution in [2.75, 3.05) is 0 Å². The summed E-state index contributed by atoms with van der Waals surface area (Å²) in [6.07, 6.45) is 0.659. The maximum Gasteiger partial charge on any atom is 0.310 e. The lowest BCUT2D eigenvalue weighted by Gasteiger charge is -2.36. The minimum Gasteiger partial charge on any atom is -0.481 e. The van der Waals surface area contributed by atoms with E-state index in [4.69, 9.17) is 10.8 Å². The number of nitrogens with two attached hydrogens (primary N) is 1. The highest BCUT2D eigenvalue weighted by atomic mass is 16.4. The first-order valence-electron chi connectivity index (χ1n) is 3.78. The van der Waals surface area contributed by atoms with Crippen LogP contribution in [0.2, 0.25) is 0 Å². The minimum atomic E-state index is -0.859. The maximum absolute atomic E-state index is 10.7. The van der Waals surface area contributed by atoms with Crippen molar-refractivity contribution in [3.05, 3.63) is 0 Å². The molecule has 0 fully saturated rings. The molecule has 1 atom stereocenters. The van der Waals surface area contributed by atoms with E-state index in [2.05, 4.69) is 0 Å². The zero-order valence-corrected chi connectivity index (χ0v) is 7.64. The van der Waals surface area contributed by atoms with Crippen molar-refractivity contribution in [3.63, 3.8) is 0 Å². The zero-order chi connectivity index (χ0) is 9.28. The molecule has 0 aromatic carbocycles. The monoisotopic (exact) mass is 159 g/mol. The van der Waals surface area contributed by atoms with Gasteiger partial charge in [-0.25, -0.2) is 0 Å². The number of aliphatic carboxylic acids is 1. The van der Waals surface area contributed by atoms with Crippen molar-refractivity contribution in [3.8, 4) is 0 Å². The molecule has 0 saturated heterocycles. The predicted octanol–water partition coefficient (Wildman–Crippen LogP) is 1.22. The Labute approximate surface area is 67.6 Å². The van der Waals surface area contributed by atoms with E-state index in [-0.39, 0.29) is 0 Å². The molecule has 0 radical (unpaired) electrons. The lowest BCUT2D eigenvalue weighted by atomic mass is 9.72. The van der Waals surface area contributed by atoms with Gasteiger partial charge in [0.05, 0.1) is 5.41 Å². The van der Waals surface area contributed by atoms with Gasteiger partial charge in [-0.15, -0.1) is 0 Å². The Kier molecular flexibility index (Phi) is 2.67. The maximum atomic E-state index is 10.7. The molecule has 0 saturated carbocycles. The Balaban J connectivity index is 4.67. The van der Waals surface area contributed by atoms with Gasteiger partial charge in [0.1, 0.15) is 0 Å². The molecule has 3 nitrogen and oxygen atoms in total. The molecule has 0 rings (SSSR count). The Morgan fingerprint density at radius 1 is 1.45 bits per heavy atom. The summed E-state index contributed by atoms with van der Waals surface area (Å²) in [6.45, 7) is 6.96. The highest BCUT2D eigenvalue weighted by molar-refractivity contribution is 5.75. The van der Waals surface area contributed by atoms with E-state index in [9.17, 15) is 4.79 Å². The molecule has 1 unspecified atom stereocenters. The third kappa shape index (κ3) is 1.71. The largest absolute Gasteiger partial charge is 0.481 e. The molecular formula is C8H17NO2. The summed E-state index contributed by atoms with van der Waals surface area (Å²) >= 11 is 0. The van der Waals surface area contributed by atoms with E-state index in [1.807, 2.05) is 6.92 Å². The van der Waals surface area contributed by atoms with Crippen LogP contribution in [0.15, 0.2) is 0 Å². The first kappa shape index (κ1) is 10.4. The van der Waals surface area contributed by atoms with Gasteiger partial charge in [-0.3, -0.25) is 4.79 Å². The molecule has 0 aliphatic rings. The zero-order valence-electron chi connectivity index (χ0n) is 7.64. The van der Waals surface area contributed by atoms with Gasteiger partial charge in [-0.05, 0) is 27.2 Å². The Bertz CT molecular complexity index is 161. The van der Waals surface area contributed by atoms with Crippen LogP contribution >= 0.6 is 0 Å². The topological polar surface area (TPSA) is 63.3 Å². The Hall–Kier alpha value is -0.570. The van der Waals surface area contributed by atoms with Crippen LogP contribution in [0, 0.1) is 5.41 Å². The molecule has 0 amide bonds. The summed E-state index contributed by atoms with van der Waals surface area (Å²) in [4.78, 5) is 10.7. The second kappa shape index (κ2) is 2.81. The van der Waals surface area contributed by atoms with Gasteiger partial charge < -0.3 is 10.8 Å². The normalized spacial score (nSPS) is 17.5. The van der Waals surface area contributed by atoms with E-state index in [0.717, 1.165) is 0 Å². The molecule has 3 heteroatoms. The number of hydrogen-bond donors (Lipinski definition) is 2. The van der Waals surface area contributed by atoms with E-state index in [0.29, 0.717) is 6.42 Å². The number of carboxylic acids is 1. The molecule has 0 aromatic heterocycles. The van der Waals surface area contributed by atoms with Crippen molar-refractivity contribution in [2.24, 2.45) is 11.1 Å². The Morgan fingerprint density at radius 3 is 1.91 bits per heavy atom. The van der Waals surface area contributed by atoms with Gasteiger partial charge in [-0.1, -0.05) is 6.92 Å². The van der Waals surface area contributed by atoms with Crippen molar-refractivity contribution >= 4 is 5.97 Å². The van der Waals surface area contributed by atoms with E-state index < -0.39 is 16.9 Å². The molecule has 3 N–H and O–H groups in total. The van der Waals surface area contributed by atoms with Crippen LogP contribution in [0.5, 0.6) is 0 Å². The molecule has 0 heterocycles. The van der Waals surface area contributed by atoms with E-state index in [1.54, 1.807) is 20.8 Å². The van der Waals surface area contributed by atoms with Crippen molar-refractivity contribution in [2.45, 2.75) is 39.7 Å². The lowest BCUT2D eigenvalue weighted by molar-refractivity contribution is -0.150. The molecule has 66 valence electrons. The average Bonchev–Trinajstić information content (AvgIpc) is 1.87. The Morgan fingerprint density at radius 2 is 1.82 bits per heavy atom. The lowest BCUT2D eigenvalue weighted by Crippen LogP contribution is -2.53. The SMILES string of the molecule is CCC(C)(N)C(C)(C)C(=O)O. The molecule has 0 bridgehead atoms. The van der Waals surface area contributed by atoms with Crippen LogP contribution in [0.1, 0.15) is 34.1 Å². The van der Waals surface area contributed by atoms with E-state index >= 15 is 0 Å². The van der Waals surface area contributed by atoms with Crippen molar-refractivity contribution < 1.29 is 9.90 Å². The smallest absolute Gasteiger partial charge is 0.310 e. The minimum absolute atomic E-state index is 0.640. The molecule has 11 heavy (non-hydrogen) atoms. The summed E-state index contributed by atoms with van der Waals surface area (Å²) in [5, 5.41) is 8.83. The highest BCUT2D eigenvalue weighted by Crippen LogP contribution is 2.31. The summed E-state index contributed by atoms with van der Waals surface area (Å²) < 4.78 is 0. The van der Waals surface area contributed by atoms with Gasteiger partial charge in [0.15, 0.2) is 0 Å². The van der Waals surface area contributed by atoms with Crippen LogP contribution < -0.4 is 5.73 Å². The third-order valence-corrected chi connectivity index (χ3v) is 2.70. The van der Waals surface area contributed by atoms with Crippen LogP contribution in [0.3, 0.4) is 0 Å². The van der Waals surface area contributed by atoms with Gasteiger partial charge in [0.2, 0.25) is 0 Å². The number of carbonyl (C=O) groups is 1. The molecule has 0 aromatic rings. The van der Waals surface area contributed by atoms with Crippen LogP contribution in [0.25, 0.3) is 0 Å². The van der Waals surface area contributed by atoms with E-state index in [1.165, 1.54) is 0 Å².